The number of benzene rings is 3. The zero-order valence-corrected chi connectivity index (χ0v) is 25.4. The van der Waals surface area contributed by atoms with Crippen molar-refractivity contribution in [1.82, 2.24) is 10.2 Å². The van der Waals surface area contributed by atoms with Crippen molar-refractivity contribution in [2.45, 2.75) is 64.9 Å². The van der Waals surface area contributed by atoms with Crippen LogP contribution in [0.15, 0.2) is 77.7 Å². The van der Waals surface area contributed by atoms with Gasteiger partial charge < -0.3 is 15.0 Å². The quantitative estimate of drug-likeness (QED) is 0.282. The maximum Gasteiger partial charge on any atom is 0.264 e. The molecule has 1 N–H and O–H groups in total. The number of hydrogen-bond acceptors (Lipinski definition) is 5. The van der Waals surface area contributed by atoms with Gasteiger partial charge in [-0.3, -0.25) is 13.9 Å². The third-order valence-corrected chi connectivity index (χ3v) is 8.48. The molecule has 0 bridgehead atoms. The van der Waals surface area contributed by atoms with Crippen molar-refractivity contribution < 1.29 is 22.7 Å². The summed E-state index contributed by atoms with van der Waals surface area (Å²) >= 11 is 0. The van der Waals surface area contributed by atoms with Gasteiger partial charge in [0.1, 0.15) is 18.3 Å². The van der Waals surface area contributed by atoms with Crippen molar-refractivity contribution in [3.05, 3.63) is 89.5 Å². The van der Waals surface area contributed by atoms with E-state index in [1.807, 2.05) is 58.9 Å². The van der Waals surface area contributed by atoms with Crippen molar-refractivity contribution in [2.24, 2.45) is 0 Å². The molecule has 3 rings (SSSR count). The van der Waals surface area contributed by atoms with Gasteiger partial charge in [-0.2, -0.15) is 0 Å². The van der Waals surface area contributed by atoms with Crippen LogP contribution in [0, 0.1) is 13.8 Å². The summed E-state index contributed by atoms with van der Waals surface area (Å²) < 4.78 is 34.6. The number of nitrogens with one attached hydrogen (secondary N) is 1. The van der Waals surface area contributed by atoms with Gasteiger partial charge in [-0.15, -0.1) is 0 Å². The maximum absolute atomic E-state index is 14.1. The summed E-state index contributed by atoms with van der Waals surface area (Å²) in [6, 6.07) is 20.1. The monoisotopic (exact) mass is 579 g/mol. The highest BCUT2D eigenvalue weighted by Gasteiger charge is 2.33. The largest absolute Gasteiger partial charge is 0.494 e. The van der Waals surface area contributed by atoms with Gasteiger partial charge in [0.15, 0.2) is 0 Å². The van der Waals surface area contributed by atoms with Gasteiger partial charge in [0.25, 0.3) is 10.0 Å². The minimum Gasteiger partial charge on any atom is -0.494 e. The lowest BCUT2D eigenvalue weighted by Crippen LogP contribution is -2.52. The van der Waals surface area contributed by atoms with E-state index in [2.05, 4.69) is 5.32 Å². The van der Waals surface area contributed by atoms with Crippen molar-refractivity contribution in [1.29, 1.82) is 0 Å². The van der Waals surface area contributed by atoms with Gasteiger partial charge in [-0.05, 0) is 75.6 Å². The van der Waals surface area contributed by atoms with Crippen LogP contribution < -0.4 is 14.4 Å². The predicted molar refractivity (Wildman–Crippen MR) is 162 cm³/mol. The van der Waals surface area contributed by atoms with Gasteiger partial charge in [0.2, 0.25) is 11.8 Å². The Balaban J connectivity index is 2.04. The number of nitrogens with zero attached hydrogens (tertiary/aromatic N) is 2. The van der Waals surface area contributed by atoms with E-state index in [4.69, 9.17) is 4.74 Å². The molecule has 0 saturated heterocycles. The summed E-state index contributed by atoms with van der Waals surface area (Å²) in [7, 11) is -4.14. The van der Waals surface area contributed by atoms with Gasteiger partial charge in [-0.1, -0.05) is 61.4 Å². The highest BCUT2D eigenvalue weighted by molar-refractivity contribution is 7.92. The number of sulfonamides is 1. The second-order valence-corrected chi connectivity index (χ2v) is 11.8. The van der Waals surface area contributed by atoms with Gasteiger partial charge in [0.05, 0.1) is 17.2 Å². The molecule has 2 amide bonds. The van der Waals surface area contributed by atoms with Crippen LogP contribution in [0.5, 0.6) is 5.75 Å². The fourth-order valence-electron chi connectivity index (χ4n) is 4.53. The maximum atomic E-state index is 14.1. The lowest BCUT2D eigenvalue weighted by molar-refractivity contribution is -0.140. The number of carbonyl (C=O) groups is 2. The Bertz CT molecular complexity index is 1410. The number of aryl methyl sites for hydroxylation is 2. The van der Waals surface area contributed by atoms with Crippen molar-refractivity contribution in [3.63, 3.8) is 0 Å². The van der Waals surface area contributed by atoms with E-state index in [1.54, 1.807) is 36.4 Å². The molecule has 0 radical (unpaired) electrons. The fourth-order valence-corrected chi connectivity index (χ4v) is 5.95. The van der Waals surface area contributed by atoms with E-state index < -0.39 is 28.5 Å². The number of amides is 2. The number of hydrogen-bond donors (Lipinski definition) is 1. The second kappa shape index (κ2) is 14.7. The Labute approximate surface area is 244 Å². The molecule has 0 aliphatic carbocycles. The molecule has 0 fully saturated rings. The first kappa shape index (κ1) is 31.7. The molecule has 8 nitrogen and oxygen atoms in total. The molecule has 0 aliphatic heterocycles. The Morgan fingerprint density at radius 1 is 0.902 bits per heavy atom. The second-order valence-electron chi connectivity index (χ2n) is 9.98. The zero-order valence-electron chi connectivity index (χ0n) is 24.6. The molecular weight excluding hydrogens is 538 g/mol. The van der Waals surface area contributed by atoms with E-state index >= 15 is 0 Å². The van der Waals surface area contributed by atoms with Crippen LogP contribution in [0.25, 0.3) is 0 Å². The van der Waals surface area contributed by atoms with Crippen LogP contribution in [0.2, 0.25) is 0 Å². The van der Waals surface area contributed by atoms with Crippen LogP contribution in [-0.4, -0.2) is 50.9 Å². The molecule has 0 aliphatic rings. The first-order valence-corrected chi connectivity index (χ1v) is 15.5. The van der Waals surface area contributed by atoms with Crippen LogP contribution >= 0.6 is 0 Å². The first-order valence-electron chi connectivity index (χ1n) is 14.1. The zero-order chi connectivity index (χ0) is 30.0. The molecule has 220 valence electrons. The van der Waals surface area contributed by atoms with Crippen LogP contribution in [-0.2, 0) is 26.2 Å². The number of carbonyl (C=O) groups excluding carboxylic acids is 2. The number of rotatable bonds is 14. The average molecular weight is 580 g/mol. The minimum absolute atomic E-state index is 0.0345. The summed E-state index contributed by atoms with van der Waals surface area (Å²) in [5.41, 5.74) is 3.20. The summed E-state index contributed by atoms with van der Waals surface area (Å²) in [6.45, 7) is 10.2. The Hall–Kier alpha value is -3.85. The van der Waals surface area contributed by atoms with E-state index in [-0.39, 0.29) is 17.3 Å². The molecule has 9 heteroatoms. The molecule has 3 aromatic carbocycles. The lowest BCUT2D eigenvalue weighted by Gasteiger charge is -2.33. The summed E-state index contributed by atoms with van der Waals surface area (Å²) in [4.78, 5) is 28.8. The molecule has 0 saturated carbocycles. The van der Waals surface area contributed by atoms with E-state index in [9.17, 15) is 18.0 Å². The standard InChI is InChI=1S/C32H41N3O5S/c1-6-20-33-32(37)30(7-2)34(22-26-11-9-10-25(5)21-26)31(36)23-35(27-14-12-24(4)13-15-27)41(38,39)29-18-16-28(17-19-29)40-8-3/h9-19,21,30H,6-8,20,22-23H2,1-5H3,(H,33,37)/t30-/m1/s1. The Kier molecular flexibility index (Phi) is 11.3. The summed E-state index contributed by atoms with van der Waals surface area (Å²) in [6.07, 6.45) is 1.14. The van der Waals surface area contributed by atoms with E-state index in [0.29, 0.717) is 31.0 Å². The molecule has 0 aromatic heterocycles. The third kappa shape index (κ3) is 8.33. The average Bonchev–Trinajstić information content (AvgIpc) is 2.95. The first-order chi connectivity index (χ1) is 19.6. The SMILES string of the molecule is CCCNC(=O)[C@@H](CC)N(Cc1cccc(C)c1)C(=O)CN(c1ccc(C)cc1)S(=O)(=O)c1ccc(OCC)cc1. The third-order valence-electron chi connectivity index (χ3n) is 6.69. The van der Waals surface area contributed by atoms with Crippen LogP contribution in [0.3, 0.4) is 0 Å². The van der Waals surface area contributed by atoms with Gasteiger partial charge in [0, 0.05) is 13.1 Å². The Morgan fingerprint density at radius 2 is 1.59 bits per heavy atom. The Morgan fingerprint density at radius 3 is 2.17 bits per heavy atom. The molecule has 41 heavy (non-hydrogen) atoms. The van der Waals surface area contributed by atoms with Crippen LogP contribution in [0.1, 0.15) is 50.3 Å². The van der Waals surface area contributed by atoms with Gasteiger partial charge >= 0.3 is 0 Å². The topological polar surface area (TPSA) is 96.0 Å². The minimum atomic E-state index is -4.14. The van der Waals surface area contributed by atoms with E-state index in [1.165, 1.54) is 17.0 Å². The van der Waals surface area contributed by atoms with E-state index in [0.717, 1.165) is 27.4 Å². The molecular formula is C32H41N3O5S. The molecule has 0 unspecified atom stereocenters. The highest BCUT2D eigenvalue weighted by Crippen LogP contribution is 2.26. The number of ether oxygens (including phenoxy) is 1. The normalized spacial score (nSPS) is 11.9. The molecule has 1 atom stereocenters. The van der Waals surface area contributed by atoms with Crippen molar-refractivity contribution in [2.75, 3.05) is 24.0 Å². The van der Waals surface area contributed by atoms with Crippen molar-refractivity contribution >= 4 is 27.5 Å². The highest BCUT2D eigenvalue weighted by atomic mass is 32.2. The van der Waals surface area contributed by atoms with Crippen molar-refractivity contribution in [3.8, 4) is 5.75 Å². The van der Waals surface area contributed by atoms with Crippen LogP contribution in [0.4, 0.5) is 5.69 Å². The molecule has 0 spiro atoms. The fraction of sp³-hybridized carbons (Fsp3) is 0.375. The lowest BCUT2D eigenvalue weighted by atomic mass is 10.1. The molecule has 3 aromatic rings. The summed E-state index contributed by atoms with van der Waals surface area (Å²) in [5.74, 6) is -0.177. The smallest absolute Gasteiger partial charge is 0.264 e. The predicted octanol–water partition coefficient (Wildman–Crippen LogP) is 5.23. The molecule has 0 heterocycles. The summed E-state index contributed by atoms with van der Waals surface area (Å²) in [5, 5.41) is 2.90. The van der Waals surface area contributed by atoms with Gasteiger partial charge in [-0.25, -0.2) is 8.42 Å². The number of anilines is 1.